The van der Waals surface area contributed by atoms with Gasteiger partial charge in [-0.1, -0.05) is 30.7 Å². The molecule has 1 saturated carbocycles. The second-order valence-electron chi connectivity index (χ2n) is 8.14. The summed E-state index contributed by atoms with van der Waals surface area (Å²) >= 11 is 0. The second-order valence-corrected chi connectivity index (χ2v) is 8.14. The van der Waals surface area contributed by atoms with Gasteiger partial charge in [0, 0.05) is 12.6 Å². The zero-order chi connectivity index (χ0) is 15.6. The van der Waals surface area contributed by atoms with Crippen LogP contribution < -0.4 is 5.32 Å². The Kier molecular flexibility index (Phi) is 4.73. The van der Waals surface area contributed by atoms with Crippen LogP contribution in [0.4, 0.5) is 0 Å². The van der Waals surface area contributed by atoms with Crippen molar-refractivity contribution in [2.75, 3.05) is 26.2 Å². The lowest BCUT2D eigenvalue weighted by Gasteiger charge is -2.33. The van der Waals surface area contributed by atoms with Crippen molar-refractivity contribution < 1.29 is 0 Å². The van der Waals surface area contributed by atoms with Gasteiger partial charge in [-0.05, 0) is 87.5 Å². The fourth-order valence-electron chi connectivity index (χ4n) is 5.30. The van der Waals surface area contributed by atoms with Crippen LogP contribution in [0.15, 0.2) is 24.3 Å². The Balaban J connectivity index is 1.37. The molecule has 126 valence electrons. The largest absolute Gasteiger partial charge is 0.316 e. The molecule has 2 nitrogen and oxygen atoms in total. The van der Waals surface area contributed by atoms with Crippen molar-refractivity contribution in [3.05, 3.63) is 35.4 Å². The molecule has 0 amide bonds. The summed E-state index contributed by atoms with van der Waals surface area (Å²) in [5.41, 5.74) is 3.12. The Bertz CT molecular complexity index is 509. The number of nitrogens with one attached hydrogen (secondary N) is 1. The number of hydrogen-bond donors (Lipinski definition) is 1. The van der Waals surface area contributed by atoms with Crippen molar-refractivity contribution in [3.8, 4) is 0 Å². The zero-order valence-corrected chi connectivity index (χ0v) is 14.6. The third-order valence-electron chi connectivity index (χ3n) is 6.79. The maximum absolute atomic E-state index is 3.63. The van der Waals surface area contributed by atoms with Crippen LogP contribution in [-0.2, 0) is 6.42 Å². The summed E-state index contributed by atoms with van der Waals surface area (Å²) < 4.78 is 0. The molecule has 2 aliphatic heterocycles. The molecule has 4 atom stereocenters. The number of nitrogens with zero attached hydrogens (tertiary/aromatic N) is 1. The summed E-state index contributed by atoms with van der Waals surface area (Å²) in [6.07, 6.45) is 8.24. The van der Waals surface area contributed by atoms with E-state index in [1.165, 1.54) is 70.3 Å². The number of benzene rings is 1. The highest BCUT2D eigenvalue weighted by atomic mass is 15.2. The van der Waals surface area contributed by atoms with E-state index in [9.17, 15) is 0 Å². The Morgan fingerprint density at radius 1 is 1.04 bits per heavy atom. The van der Waals surface area contributed by atoms with Gasteiger partial charge >= 0.3 is 0 Å². The third-order valence-corrected chi connectivity index (χ3v) is 6.79. The van der Waals surface area contributed by atoms with E-state index < -0.39 is 0 Å². The summed E-state index contributed by atoms with van der Waals surface area (Å²) in [6.45, 7) is 7.42. The van der Waals surface area contributed by atoms with Crippen LogP contribution in [-0.4, -0.2) is 37.1 Å². The summed E-state index contributed by atoms with van der Waals surface area (Å²) in [5.74, 6) is 2.63. The minimum absolute atomic E-state index is 0.795. The molecule has 0 bridgehead atoms. The highest BCUT2D eigenvalue weighted by Crippen LogP contribution is 2.42. The molecule has 1 aliphatic carbocycles. The fourth-order valence-corrected chi connectivity index (χ4v) is 5.30. The molecule has 23 heavy (non-hydrogen) atoms. The number of likely N-dealkylation sites (tertiary alicyclic amines) is 1. The molecule has 1 aromatic rings. The van der Waals surface area contributed by atoms with E-state index in [0.29, 0.717) is 0 Å². The van der Waals surface area contributed by atoms with Crippen LogP contribution in [0, 0.1) is 11.8 Å². The van der Waals surface area contributed by atoms with Gasteiger partial charge in [-0.25, -0.2) is 0 Å². The first-order valence-electron chi connectivity index (χ1n) is 9.85. The van der Waals surface area contributed by atoms with Gasteiger partial charge in [-0.3, -0.25) is 0 Å². The lowest BCUT2D eigenvalue weighted by atomic mass is 9.71. The highest BCUT2D eigenvalue weighted by Gasteiger charge is 2.36. The van der Waals surface area contributed by atoms with Crippen molar-refractivity contribution in [2.24, 2.45) is 11.8 Å². The van der Waals surface area contributed by atoms with Crippen LogP contribution >= 0.6 is 0 Å². The monoisotopic (exact) mass is 312 g/mol. The molecule has 0 radical (unpaired) electrons. The fraction of sp³-hybridized carbons (Fsp3) is 0.714. The van der Waals surface area contributed by atoms with E-state index in [0.717, 1.165) is 23.8 Å². The van der Waals surface area contributed by atoms with Crippen molar-refractivity contribution >= 4 is 0 Å². The first-order chi connectivity index (χ1) is 11.3. The number of fused-ring (bicyclic) bond motifs is 1. The molecule has 3 fully saturated rings. The summed E-state index contributed by atoms with van der Waals surface area (Å²) in [5, 5.41) is 3.63. The summed E-state index contributed by atoms with van der Waals surface area (Å²) in [4.78, 5) is 2.66. The van der Waals surface area contributed by atoms with Crippen LogP contribution in [0.25, 0.3) is 0 Å². The number of rotatable bonds is 4. The Labute approximate surface area is 141 Å². The molecule has 2 saturated heterocycles. The van der Waals surface area contributed by atoms with Gasteiger partial charge in [0.05, 0.1) is 0 Å². The normalized spacial score (nSPS) is 34.7. The molecule has 1 aromatic carbocycles. The molecule has 3 unspecified atom stereocenters. The molecular formula is C21H32N2. The molecule has 1 N–H and O–H groups in total. The average Bonchev–Trinajstić information content (AvgIpc) is 3.22. The predicted molar refractivity (Wildman–Crippen MR) is 96.9 cm³/mol. The predicted octanol–water partition coefficient (Wildman–Crippen LogP) is 3.82. The van der Waals surface area contributed by atoms with Gasteiger partial charge in [0.25, 0.3) is 0 Å². The van der Waals surface area contributed by atoms with E-state index >= 15 is 0 Å². The molecule has 4 rings (SSSR count). The summed E-state index contributed by atoms with van der Waals surface area (Å²) in [6, 6.07) is 10.5. The van der Waals surface area contributed by atoms with Crippen molar-refractivity contribution in [1.29, 1.82) is 0 Å². The zero-order valence-electron chi connectivity index (χ0n) is 14.6. The van der Waals surface area contributed by atoms with Gasteiger partial charge in [0.2, 0.25) is 0 Å². The first kappa shape index (κ1) is 15.7. The van der Waals surface area contributed by atoms with E-state index in [1.807, 2.05) is 0 Å². The topological polar surface area (TPSA) is 15.3 Å². The third kappa shape index (κ3) is 3.34. The van der Waals surface area contributed by atoms with Crippen LogP contribution in [0.3, 0.4) is 0 Å². The quantitative estimate of drug-likeness (QED) is 0.909. The van der Waals surface area contributed by atoms with Gasteiger partial charge in [-0.15, -0.1) is 0 Å². The molecule has 0 spiro atoms. The Morgan fingerprint density at radius 3 is 2.70 bits per heavy atom. The smallest absolute Gasteiger partial charge is 0.00675 e. The highest BCUT2D eigenvalue weighted by molar-refractivity contribution is 5.27. The maximum atomic E-state index is 3.63. The standard InChI is InChI=1S/C21H32N2/c1-16-4-3-12-23(16)13-11-17-7-9-18(10-8-17)20-6-2-5-19-14-22-15-21(19)20/h7-10,16,19-22H,2-6,11-15H2,1H3/t16?,19-,20?,21?/m0/s1. The van der Waals surface area contributed by atoms with Crippen molar-refractivity contribution in [1.82, 2.24) is 10.2 Å². The minimum atomic E-state index is 0.795. The molecule has 3 aliphatic rings. The van der Waals surface area contributed by atoms with Crippen molar-refractivity contribution in [3.63, 3.8) is 0 Å². The van der Waals surface area contributed by atoms with Crippen molar-refractivity contribution in [2.45, 2.75) is 57.4 Å². The van der Waals surface area contributed by atoms with E-state index in [4.69, 9.17) is 0 Å². The van der Waals surface area contributed by atoms with Crippen LogP contribution in [0.1, 0.15) is 56.1 Å². The maximum Gasteiger partial charge on any atom is 0.00675 e. The lowest BCUT2D eigenvalue weighted by molar-refractivity contribution is 0.258. The number of hydrogen-bond acceptors (Lipinski definition) is 2. The van der Waals surface area contributed by atoms with E-state index in [1.54, 1.807) is 5.56 Å². The second kappa shape index (κ2) is 6.94. The van der Waals surface area contributed by atoms with Gasteiger partial charge in [-0.2, -0.15) is 0 Å². The van der Waals surface area contributed by atoms with Gasteiger partial charge in [0.1, 0.15) is 0 Å². The van der Waals surface area contributed by atoms with E-state index in [2.05, 4.69) is 41.4 Å². The lowest BCUT2D eigenvalue weighted by Crippen LogP contribution is -2.29. The van der Waals surface area contributed by atoms with Gasteiger partial charge < -0.3 is 10.2 Å². The Morgan fingerprint density at radius 2 is 1.91 bits per heavy atom. The SMILES string of the molecule is CC1CCCN1CCc1ccc(C2CCC[C@H]3CNCC23)cc1. The average molecular weight is 313 g/mol. The molecule has 2 heteroatoms. The van der Waals surface area contributed by atoms with Crippen LogP contribution in [0.5, 0.6) is 0 Å². The molecule has 2 heterocycles. The molecular weight excluding hydrogens is 280 g/mol. The summed E-state index contributed by atoms with van der Waals surface area (Å²) in [7, 11) is 0. The van der Waals surface area contributed by atoms with Crippen LogP contribution in [0.2, 0.25) is 0 Å². The van der Waals surface area contributed by atoms with E-state index in [-0.39, 0.29) is 0 Å². The first-order valence-corrected chi connectivity index (χ1v) is 9.85. The van der Waals surface area contributed by atoms with Gasteiger partial charge in [0.15, 0.2) is 0 Å². The minimum Gasteiger partial charge on any atom is -0.316 e. The molecule has 0 aromatic heterocycles. The Hall–Kier alpha value is -0.860.